The number of hydrogen-bond acceptors (Lipinski definition) is 4. The Balaban J connectivity index is 1.92. The number of anilines is 1. The summed E-state index contributed by atoms with van der Waals surface area (Å²) in [4.78, 5) is 14.0. The summed E-state index contributed by atoms with van der Waals surface area (Å²) in [5, 5.41) is 9.80. The van der Waals surface area contributed by atoms with Crippen LogP contribution in [-0.4, -0.2) is 41.4 Å². The lowest BCUT2D eigenvalue weighted by Gasteiger charge is -2.22. The van der Waals surface area contributed by atoms with Crippen molar-refractivity contribution in [3.8, 4) is 0 Å². The number of nitrogens with zero attached hydrogens (tertiary/aromatic N) is 3. The molecule has 1 atom stereocenters. The molecule has 0 unspecified atom stereocenters. The summed E-state index contributed by atoms with van der Waals surface area (Å²) >= 11 is 0. The van der Waals surface area contributed by atoms with Crippen LogP contribution in [0.1, 0.15) is 17.5 Å². The van der Waals surface area contributed by atoms with Gasteiger partial charge in [0.15, 0.2) is 0 Å². The third-order valence-corrected chi connectivity index (χ3v) is 3.19. The van der Waals surface area contributed by atoms with Crippen molar-refractivity contribution in [2.75, 3.05) is 26.0 Å². The summed E-state index contributed by atoms with van der Waals surface area (Å²) in [6.45, 7) is 2.32. The molecule has 0 radical (unpaired) electrons. The van der Waals surface area contributed by atoms with Gasteiger partial charge in [0.05, 0.1) is 18.0 Å². The van der Waals surface area contributed by atoms with Crippen LogP contribution in [0.25, 0.3) is 0 Å². The van der Waals surface area contributed by atoms with E-state index >= 15 is 0 Å². The molecule has 2 amide bonds. The Kier molecular flexibility index (Phi) is 4.64. The summed E-state index contributed by atoms with van der Waals surface area (Å²) in [5.41, 5.74) is 0.856. The van der Waals surface area contributed by atoms with Crippen molar-refractivity contribution in [1.82, 2.24) is 20.0 Å². The molecule has 0 spiro atoms. The van der Waals surface area contributed by atoms with Crippen molar-refractivity contribution in [2.45, 2.75) is 13.0 Å². The first-order valence-corrected chi connectivity index (χ1v) is 6.72. The lowest BCUT2D eigenvalue weighted by Crippen LogP contribution is -2.37. The molecule has 0 aliphatic rings. The molecule has 0 fully saturated rings. The van der Waals surface area contributed by atoms with Crippen LogP contribution in [0.15, 0.2) is 28.9 Å². The van der Waals surface area contributed by atoms with Crippen LogP contribution in [0.5, 0.6) is 0 Å². The maximum Gasteiger partial charge on any atom is 0.320 e. The van der Waals surface area contributed by atoms with E-state index in [1.807, 2.05) is 44.1 Å². The zero-order chi connectivity index (χ0) is 15.4. The van der Waals surface area contributed by atoms with Crippen LogP contribution in [0.4, 0.5) is 10.6 Å². The topological polar surface area (TPSA) is 75.3 Å². The van der Waals surface area contributed by atoms with Gasteiger partial charge >= 0.3 is 6.03 Å². The van der Waals surface area contributed by atoms with E-state index in [0.717, 1.165) is 11.5 Å². The van der Waals surface area contributed by atoms with Gasteiger partial charge in [-0.2, -0.15) is 5.10 Å². The van der Waals surface area contributed by atoms with Gasteiger partial charge < -0.3 is 9.73 Å². The number of urea groups is 1. The summed E-state index contributed by atoms with van der Waals surface area (Å²) < 4.78 is 7.03. The average molecular weight is 291 g/mol. The molecule has 0 saturated carbocycles. The van der Waals surface area contributed by atoms with E-state index in [-0.39, 0.29) is 12.1 Å². The zero-order valence-corrected chi connectivity index (χ0v) is 12.8. The fourth-order valence-electron chi connectivity index (χ4n) is 2.10. The van der Waals surface area contributed by atoms with E-state index in [1.165, 1.54) is 0 Å². The van der Waals surface area contributed by atoms with Crippen LogP contribution < -0.4 is 10.6 Å². The molecule has 2 heterocycles. The first-order chi connectivity index (χ1) is 9.97. The second kappa shape index (κ2) is 6.45. The van der Waals surface area contributed by atoms with Crippen molar-refractivity contribution in [3.63, 3.8) is 0 Å². The van der Waals surface area contributed by atoms with Crippen LogP contribution in [0, 0.1) is 6.92 Å². The van der Waals surface area contributed by atoms with E-state index in [2.05, 4.69) is 15.7 Å². The molecule has 0 saturated heterocycles. The quantitative estimate of drug-likeness (QED) is 0.880. The lowest BCUT2D eigenvalue weighted by atomic mass is 10.2. The number of carbonyl (C=O) groups is 1. The Labute approximate surface area is 123 Å². The summed E-state index contributed by atoms with van der Waals surface area (Å²) in [6.07, 6.45) is 1.63. The minimum absolute atomic E-state index is 0.0148. The molecule has 2 aromatic heterocycles. The molecule has 7 heteroatoms. The number of rotatable bonds is 5. The number of nitrogens with one attached hydrogen (secondary N) is 2. The Hall–Kier alpha value is -2.28. The maximum absolute atomic E-state index is 12.0. The lowest BCUT2D eigenvalue weighted by molar-refractivity contribution is 0.233. The minimum Gasteiger partial charge on any atom is -0.468 e. The van der Waals surface area contributed by atoms with Gasteiger partial charge in [0.25, 0.3) is 0 Å². The number of likely N-dealkylation sites (N-methyl/N-ethyl adjacent to an activating group) is 1. The highest BCUT2D eigenvalue weighted by Gasteiger charge is 2.18. The number of amides is 2. The van der Waals surface area contributed by atoms with Gasteiger partial charge in [0.1, 0.15) is 11.6 Å². The van der Waals surface area contributed by atoms with E-state index in [9.17, 15) is 4.79 Å². The molecule has 0 bridgehead atoms. The van der Waals surface area contributed by atoms with E-state index in [0.29, 0.717) is 12.4 Å². The van der Waals surface area contributed by atoms with Crippen LogP contribution in [-0.2, 0) is 7.05 Å². The van der Waals surface area contributed by atoms with Gasteiger partial charge in [-0.1, -0.05) is 0 Å². The van der Waals surface area contributed by atoms with Crippen molar-refractivity contribution >= 4 is 11.8 Å². The highest BCUT2D eigenvalue weighted by atomic mass is 16.3. The number of aryl methyl sites for hydroxylation is 2. The molecular formula is C14H21N5O2. The highest BCUT2D eigenvalue weighted by molar-refractivity contribution is 5.88. The van der Waals surface area contributed by atoms with Crippen molar-refractivity contribution in [1.29, 1.82) is 0 Å². The molecule has 7 nitrogen and oxygen atoms in total. The normalized spacial score (nSPS) is 12.4. The Bertz CT molecular complexity index is 589. The van der Waals surface area contributed by atoms with Crippen molar-refractivity contribution < 1.29 is 9.21 Å². The highest BCUT2D eigenvalue weighted by Crippen LogP contribution is 2.17. The number of hydrogen-bond donors (Lipinski definition) is 2. The molecule has 0 aromatic carbocycles. The Morgan fingerprint density at radius 2 is 2.29 bits per heavy atom. The van der Waals surface area contributed by atoms with E-state index < -0.39 is 0 Å². The fraction of sp³-hybridized carbons (Fsp3) is 0.429. The third kappa shape index (κ3) is 3.85. The first-order valence-electron chi connectivity index (χ1n) is 6.72. The standard InChI is InChI=1S/C14H21N5O2/c1-10-8-13(19(4)17-10)16-14(20)15-9-11(18(2)3)12-6-5-7-21-12/h5-8,11H,9H2,1-4H3,(H2,15,16,20)/t11-/m1/s1. The molecule has 2 aromatic rings. The van der Waals surface area contributed by atoms with E-state index in [1.54, 1.807) is 18.0 Å². The number of furan rings is 1. The van der Waals surface area contributed by atoms with Gasteiger partial charge in [-0.15, -0.1) is 0 Å². The minimum atomic E-state index is -0.267. The van der Waals surface area contributed by atoms with Crippen LogP contribution in [0.3, 0.4) is 0 Å². The molecule has 21 heavy (non-hydrogen) atoms. The van der Waals surface area contributed by atoms with Gasteiger partial charge in [0.2, 0.25) is 0 Å². The second-order valence-electron chi connectivity index (χ2n) is 5.12. The van der Waals surface area contributed by atoms with Crippen molar-refractivity contribution in [2.24, 2.45) is 7.05 Å². The summed E-state index contributed by atoms with van der Waals surface area (Å²) in [5.74, 6) is 1.47. The number of aromatic nitrogens is 2. The molecule has 0 aliphatic heterocycles. The SMILES string of the molecule is Cc1cc(NC(=O)NC[C@H](c2ccco2)N(C)C)n(C)n1. The predicted octanol–water partition coefficient (Wildman–Crippen LogP) is 1.75. The summed E-state index contributed by atoms with van der Waals surface area (Å²) in [7, 11) is 5.67. The Morgan fingerprint density at radius 1 is 1.52 bits per heavy atom. The third-order valence-electron chi connectivity index (χ3n) is 3.19. The zero-order valence-electron chi connectivity index (χ0n) is 12.8. The maximum atomic E-state index is 12.0. The van der Waals surface area contributed by atoms with Gasteiger partial charge in [0, 0.05) is 19.7 Å². The average Bonchev–Trinajstić information content (AvgIpc) is 3.00. The first kappa shape index (κ1) is 15.1. The van der Waals surface area contributed by atoms with Crippen molar-refractivity contribution in [3.05, 3.63) is 35.9 Å². The molecule has 0 aliphatic carbocycles. The Morgan fingerprint density at radius 3 is 2.81 bits per heavy atom. The second-order valence-corrected chi connectivity index (χ2v) is 5.12. The van der Waals surface area contributed by atoms with Crippen LogP contribution in [0.2, 0.25) is 0 Å². The fourth-order valence-corrected chi connectivity index (χ4v) is 2.10. The van der Waals surface area contributed by atoms with Gasteiger partial charge in [-0.05, 0) is 33.2 Å². The van der Waals surface area contributed by atoms with Crippen LogP contribution >= 0.6 is 0 Å². The molecule has 2 rings (SSSR count). The monoisotopic (exact) mass is 291 g/mol. The molecule has 2 N–H and O–H groups in total. The molecule has 114 valence electrons. The predicted molar refractivity (Wildman–Crippen MR) is 80.1 cm³/mol. The number of carbonyl (C=O) groups excluding carboxylic acids is 1. The smallest absolute Gasteiger partial charge is 0.320 e. The molecular weight excluding hydrogens is 270 g/mol. The largest absolute Gasteiger partial charge is 0.468 e. The van der Waals surface area contributed by atoms with E-state index in [4.69, 9.17) is 4.42 Å². The van der Waals surface area contributed by atoms with Gasteiger partial charge in [-0.3, -0.25) is 14.9 Å². The summed E-state index contributed by atoms with van der Waals surface area (Å²) in [6, 6.07) is 5.27. The van der Waals surface area contributed by atoms with Gasteiger partial charge in [-0.25, -0.2) is 4.79 Å².